The molecule has 1 unspecified atom stereocenters. The van der Waals surface area contributed by atoms with Crippen LogP contribution in [0.5, 0.6) is 0 Å². The molecule has 0 radical (unpaired) electrons. The minimum absolute atomic E-state index is 0.381. The topological polar surface area (TPSA) is 72.2 Å². The van der Waals surface area contributed by atoms with Gasteiger partial charge in [-0.1, -0.05) is 18.9 Å². The van der Waals surface area contributed by atoms with E-state index in [1.54, 1.807) is 0 Å². The monoisotopic (exact) mass is 282 g/mol. The predicted molar refractivity (Wildman–Crippen MR) is 77.5 cm³/mol. The summed E-state index contributed by atoms with van der Waals surface area (Å²) in [5.74, 6) is 1.24. The van der Waals surface area contributed by atoms with E-state index in [2.05, 4.69) is 34.7 Å². The van der Waals surface area contributed by atoms with E-state index in [-0.39, 0.29) is 0 Å². The third-order valence-corrected chi connectivity index (χ3v) is 3.31. The van der Waals surface area contributed by atoms with Gasteiger partial charge in [-0.25, -0.2) is 0 Å². The summed E-state index contributed by atoms with van der Waals surface area (Å²) in [6, 6.07) is 0.502. The van der Waals surface area contributed by atoms with Crippen molar-refractivity contribution in [2.24, 2.45) is 5.92 Å². The zero-order valence-electron chi connectivity index (χ0n) is 12.5. The fourth-order valence-electron chi connectivity index (χ4n) is 2.24. The Balaban J connectivity index is 1.62. The van der Waals surface area contributed by atoms with Gasteiger partial charge >= 0.3 is 6.01 Å². The van der Waals surface area contributed by atoms with Crippen LogP contribution in [0.25, 0.3) is 0 Å². The van der Waals surface area contributed by atoms with Crippen molar-refractivity contribution in [3.63, 3.8) is 0 Å². The third-order valence-electron chi connectivity index (χ3n) is 3.31. The molecule has 1 saturated heterocycles. The highest BCUT2D eigenvalue weighted by atomic mass is 16.5. The first-order chi connectivity index (χ1) is 9.74. The number of anilines is 1. The highest BCUT2D eigenvalue weighted by Crippen LogP contribution is 2.15. The summed E-state index contributed by atoms with van der Waals surface area (Å²) in [6.45, 7) is 7.62. The van der Waals surface area contributed by atoms with Gasteiger partial charge in [0.2, 0.25) is 5.89 Å². The molecule has 0 aromatic carbocycles. The largest absolute Gasteiger partial charge is 0.407 e. The first kappa shape index (κ1) is 15.3. The molecule has 6 heteroatoms. The maximum absolute atomic E-state index is 5.68. The average molecular weight is 282 g/mol. The first-order valence-corrected chi connectivity index (χ1v) is 7.62. The predicted octanol–water partition coefficient (Wildman–Crippen LogP) is 2.19. The van der Waals surface area contributed by atoms with Gasteiger partial charge in [-0.15, -0.1) is 5.10 Å². The standard InChI is InChI=1S/C14H26N4O2/c1-11(2)9-15-10-13-17-18-14(20-13)16-7-6-12-5-3-4-8-19-12/h11-12,15H,3-10H2,1-2H3,(H,16,18). The van der Waals surface area contributed by atoms with Gasteiger partial charge in [0.25, 0.3) is 0 Å². The lowest BCUT2D eigenvalue weighted by atomic mass is 10.1. The lowest BCUT2D eigenvalue weighted by molar-refractivity contribution is 0.0134. The smallest absolute Gasteiger partial charge is 0.315 e. The van der Waals surface area contributed by atoms with Crippen LogP contribution in [0, 0.1) is 5.92 Å². The molecule has 20 heavy (non-hydrogen) atoms. The molecule has 0 saturated carbocycles. The molecule has 1 atom stereocenters. The zero-order chi connectivity index (χ0) is 14.2. The summed E-state index contributed by atoms with van der Waals surface area (Å²) in [5, 5.41) is 14.4. The van der Waals surface area contributed by atoms with Crippen LogP contribution >= 0.6 is 0 Å². The van der Waals surface area contributed by atoms with Crippen LogP contribution in [0.15, 0.2) is 4.42 Å². The fraction of sp³-hybridized carbons (Fsp3) is 0.857. The van der Waals surface area contributed by atoms with E-state index < -0.39 is 0 Å². The molecule has 114 valence electrons. The Labute approximate surface area is 120 Å². The number of ether oxygens (including phenoxy) is 1. The van der Waals surface area contributed by atoms with Gasteiger partial charge in [-0.05, 0) is 38.1 Å². The molecule has 2 N–H and O–H groups in total. The maximum Gasteiger partial charge on any atom is 0.315 e. The second-order valence-electron chi connectivity index (χ2n) is 5.73. The molecule has 0 spiro atoms. The minimum atomic E-state index is 0.381. The molecule has 1 aliphatic heterocycles. The van der Waals surface area contributed by atoms with Gasteiger partial charge in [0.1, 0.15) is 0 Å². The molecule has 2 heterocycles. The molecule has 6 nitrogen and oxygen atoms in total. The number of nitrogens with one attached hydrogen (secondary N) is 2. The molecule has 0 bridgehead atoms. The molecule has 2 rings (SSSR count). The molecular weight excluding hydrogens is 256 g/mol. The summed E-state index contributed by atoms with van der Waals surface area (Å²) in [4.78, 5) is 0. The third kappa shape index (κ3) is 5.46. The first-order valence-electron chi connectivity index (χ1n) is 7.62. The Morgan fingerprint density at radius 1 is 1.30 bits per heavy atom. The van der Waals surface area contributed by atoms with Crippen LogP contribution in [-0.2, 0) is 11.3 Å². The van der Waals surface area contributed by atoms with Gasteiger partial charge < -0.3 is 19.8 Å². The summed E-state index contributed by atoms with van der Waals surface area (Å²) < 4.78 is 11.2. The van der Waals surface area contributed by atoms with Gasteiger partial charge in [0.15, 0.2) is 0 Å². The summed E-state index contributed by atoms with van der Waals surface area (Å²) in [6.07, 6.45) is 5.00. The molecule has 1 aromatic rings. The summed E-state index contributed by atoms with van der Waals surface area (Å²) >= 11 is 0. The highest BCUT2D eigenvalue weighted by molar-refractivity contribution is 5.16. The van der Waals surface area contributed by atoms with Crippen LogP contribution in [0.4, 0.5) is 6.01 Å². The van der Waals surface area contributed by atoms with Crippen molar-refractivity contribution in [1.29, 1.82) is 0 Å². The maximum atomic E-state index is 5.68. The van der Waals surface area contributed by atoms with Gasteiger partial charge in [-0.3, -0.25) is 0 Å². The van der Waals surface area contributed by atoms with Crippen molar-refractivity contribution in [3.05, 3.63) is 5.89 Å². The van der Waals surface area contributed by atoms with Crippen LogP contribution in [0.3, 0.4) is 0 Å². The second-order valence-corrected chi connectivity index (χ2v) is 5.73. The Morgan fingerprint density at radius 3 is 2.95 bits per heavy atom. The Bertz CT molecular complexity index is 375. The van der Waals surface area contributed by atoms with Crippen LogP contribution in [0.2, 0.25) is 0 Å². The molecule has 0 amide bonds. The lowest BCUT2D eigenvalue weighted by Gasteiger charge is -2.22. The van der Waals surface area contributed by atoms with E-state index in [1.165, 1.54) is 12.8 Å². The SMILES string of the molecule is CC(C)CNCc1nnc(NCCC2CCCCO2)o1. The van der Waals surface area contributed by atoms with Crippen molar-refractivity contribution in [2.45, 2.75) is 52.2 Å². The van der Waals surface area contributed by atoms with Crippen molar-refractivity contribution in [2.75, 3.05) is 25.0 Å². The molecule has 0 aliphatic carbocycles. The zero-order valence-corrected chi connectivity index (χ0v) is 12.5. The quantitative estimate of drug-likeness (QED) is 0.761. The van der Waals surface area contributed by atoms with Crippen LogP contribution in [-0.4, -0.2) is 36.0 Å². The number of rotatable bonds is 8. The number of aromatic nitrogens is 2. The highest BCUT2D eigenvalue weighted by Gasteiger charge is 2.13. The normalized spacial score (nSPS) is 19.4. The second kappa shape index (κ2) is 8.21. The minimum Gasteiger partial charge on any atom is -0.407 e. The summed E-state index contributed by atoms with van der Waals surface area (Å²) in [7, 11) is 0. The van der Waals surface area contributed by atoms with E-state index in [0.29, 0.717) is 30.5 Å². The van der Waals surface area contributed by atoms with E-state index in [4.69, 9.17) is 9.15 Å². The number of hydrogen-bond donors (Lipinski definition) is 2. The fourth-order valence-corrected chi connectivity index (χ4v) is 2.24. The van der Waals surface area contributed by atoms with Crippen LogP contribution in [0.1, 0.15) is 45.4 Å². The van der Waals surface area contributed by atoms with Gasteiger partial charge in [-0.2, -0.15) is 0 Å². The molecular formula is C14H26N4O2. The van der Waals surface area contributed by atoms with E-state index >= 15 is 0 Å². The summed E-state index contributed by atoms with van der Waals surface area (Å²) in [5.41, 5.74) is 0. The number of nitrogens with zero attached hydrogens (tertiary/aromatic N) is 2. The molecule has 1 fully saturated rings. The number of hydrogen-bond acceptors (Lipinski definition) is 6. The lowest BCUT2D eigenvalue weighted by Crippen LogP contribution is -2.22. The van der Waals surface area contributed by atoms with Crippen molar-refractivity contribution in [3.8, 4) is 0 Å². The van der Waals surface area contributed by atoms with Crippen LogP contribution < -0.4 is 10.6 Å². The molecule has 1 aromatic heterocycles. The Kier molecular flexibility index (Phi) is 6.26. The van der Waals surface area contributed by atoms with E-state index in [1.807, 2.05) is 0 Å². The van der Waals surface area contributed by atoms with Gasteiger partial charge in [0.05, 0.1) is 12.6 Å². The Morgan fingerprint density at radius 2 is 2.20 bits per heavy atom. The van der Waals surface area contributed by atoms with E-state index in [9.17, 15) is 0 Å². The van der Waals surface area contributed by atoms with Crippen molar-refractivity contribution < 1.29 is 9.15 Å². The average Bonchev–Trinajstić information content (AvgIpc) is 2.87. The van der Waals surface area contributed by atoms with Crippen molar-refractivity contribution >= 4 is 6.01 Å². The molecule has 1 aliphatic rings. The Hall–Kier alpha value is -1.14. The van der Waals surface area contributed by atoms with Gasteiger partial charge in [0, 0.05) is 13.2 Å². The van der Waals surface area contributed by atoms with E-state index in [0.717, 1.165) is 32.5 Å². The van der Waals surface area contributed by atoms with Crippen molar-refractivity contribution in [1.82, 2.24) is 15.5 Å².